The van der Waals surface area contributed by atoms with Gasteiger partial charge in [-0.1, -0.05) is 26.0 Å². The largest absolute Gasteiger partial charge is 0.468 e. The van der Waals surface area contributed by atoms with Crippen molar-refractivity contribution in [2.45, 2.75) is 57.8 Å². The zero-order valence-electron chi connectivity index (χ0n) is 23.1. The molecule has 1 amide bonds. The number of Topliss-reactive ketones (excluding diaryl/α,β-unsaturated/α-hetero) is 1. The number of hydrogen-bond acceptors (Lipinski definition) is 9. The maximum atomic E-state index is 13.7. The predicted molar refractivity (Wildman–Crippen MR) is 145 cm³/mol. The summed E-state index contributed by atoms with van der Waals surface area (Å²) in [6, 6.07) is 6.06. The number of methoxy groups -OCH3 is 1. The number of nitrogens with one attached hydrogen (secondary N) is 1. The molecule has 1 heterocycles. The molecular weight excluding hydrogens is 506 g/mol. The first-order valence-corrected chi connectivity index (χ1v) is 15.5. The summed E-state index contributed by atoms with van der Waals surface area (Å²) in [4.78, 5) is 52.0. The van der Waals surface area contributed by atoms with Gasteiger partial charge in [0.05, 0.1) is 30.8 Å². The van der Waals surface area contributed by atoms with E-state index in [0.717, 1.165) is 6.29 Å². The van der Waals surface area contributed by atoms with E-state index in [4.69, 9.17) is 4.43 Å². The van der Waals surface area contributed by atoms with Crippen LogP contribution >= 0.6 is 0 Å². The molecule has 0 aliphatic carbocycles. The number of rotatable bonds is 16. The van der Waals surface area contributed by atoms with Crippen molar-refractivity contribution in [2.75, 3.05) is 33.4 Å². The molecule has 0 aliphatic heterocycles. The van der Waals surface area contributed by atoms with Crippen molar-refractivity contribution in [1.29, 1.82) is 0 Å². The highest BCUT2D eigenvalue weighted by Crippen LogP contribution is 2.35. The van der Waals surface area contributed by atoms with Crippen LogP contribution in [0.3, 0.4) is 0 Å². The van der Waals surface area contributed by atoms with Crippen LogP contribution in [0.5, 0.6) is 0 Å². The van der Waals surface area contributed by atoms with Gasteiger partial charge in [0.1, 0.15) is 6.29 Å². The fourth-order valence-corrected chi connectivity index (χ4v) is 4.90. The SMILES string of the molecule is COC(=O)C(NCCCN(CCCO[Si](C)(C)C(C)(C)C=O)C(=O)c1ccccc1-n1nccn1)C(C)=O. The van der Waals surface area contributed by atoms with Gasteiger partial charge in [0, 0.05) is 24.7 Å². The van der Waals surface area contributed by atoms with Crippen molar-refractivity contribution in [3.63, 3.8) is 0 Å². The predicted octanol–water partition coefficient (Wildman–Crippen LogP) is 2.41. The Balaban J connectivity index is 2.13. The van der Waals surface area contributed by atoms with Crippen molar-refractivity contribution in [3.05, 3.63) is 42.2 Å². The molecule has 1 aromatic heterocycles. The van der Waals surface area contributed by atoms with Gasteiger partial charge in [0.25, 0.3) is 5.91 Å². The molecule has 0 saturated heterocycles. The Morgan fingerprint density at radius 1 is 1.13 bits per heavy atom. The van der Waals surface area contributed by atoms with Crippen LogP contribution in [0.4, 0.5) is 0 Å². The lowest BCUT2D eigenvalue weighted by atomic mass is 10.1. The van der Waals surface area contributed by atoms with E-state index in [9.17, 15) is 19.2 Å². The molecular formula is C26H39N5O6Si. The average molecular weight is 546 g/mol. The average Bonchev–Trinajstić information content (AvgIpc) is 3.43. The summed E-state index contributed by atoms with van der Waals surface area (Å²) in [6.45, 7) is 10.6. The third-order valence-electron chi connectivity index (χ3n) is 6.73. The number of ketones is 1. The molecule has 1 unspecified atom stereocenters. The zero-order chi connectivity index (χ0) is 28.3. The van der Waals surface area contributed by atoms with Gasteiger partial charge in [-0.3, -0.25) is 14.9 Å². The molecule has 0 spiro atoms. The number of esters is 1. The van der Waals surface area contributed by atoms with E-state index in [-0.39, 0.29) is 11.7 Å². The van der Waals surface area contributed by atoms with Crippen LogP contribution in [-0.2, 0) is 23.5 Å². The van der Waals surface area contributed by atoms with Gasteiger partial charge in [-0.05, 0) is 51.5 Å². The molecule has 38 heavy (non-hydrogen) atoms. The molecule has 11 nitrogen and oxygen atoms in total. The van der Waals surface area contributed by atoms with Crippen LogP contribution in [0.1, 0.15) is 44.0 Å². The maximum Gasteiger partial charge on any atom is 0.330 e. The van der Waals surface area contributed by atoms with E-state index in [1.54, 1.807) is 35.5 Å². The summed E-state index contributed by atoms with van der Waals surface area (Å²) in [7, 11) is -1.05. The molecule has 208 valence electrons. The lowest BCUT2D eigenvalue weighted by Crippen LogP contribution is -2.45. The number of aromatic nitrogens is 3. The van der Waals surface area contributed by atoms with E-state index in [1.807, 2.05) is 33.0 Å². The lowest BCUT2D eigenvalue weighted by molar-refractivity contribution is -0.146. The second-order valence-corrected chi connectivity index (χ2v) is 14.7. The zero-order valence-corrected chi connectivity index (χ0v) is 24.1. The molecule has 1 atom stereocenters. The van der Waals surface area contributed by atoms with Crippen molar-refractivity contribution >= 4 is 32.3 Å². The second kappa shape index (κ2) is 14.1. The van der Waals surface area contributed by atoms with E-state index in [2.05, 4.69) is 20.3 Å². The number of carbonyl (C=O) groups is 4. The number of carbonyl (C=O) groups excluding carboxylic acids is 4. The lowest BCUT2D eigenvalue weighted by Gasteiger charge is -2.35. The summed E-state index contributed by atoms with van der Waals surface area (Å²) in [6.07, 6.45) is 5.10. The molecule has 0 saturated carbocycles. The summed E-state index contributed by atoms with van der Waals surface area (Å²) in [5.74, 6) is -1.18. The number of hydrogen-bond donors (Lipinski definition) is 1. The molecule has 0 bridgehead atoms. The fourth-order valence-electron chi connectivity index (χ4n) is 3.59. The number of benzene rings is 1. The van der Waals surface area contributed by atoms with Gasteiger partial charge >= 0.3 is 5.97 Å². The Hall–Kier alpha value is -3.22. The van der Waals surface area contributed by atoms with Crippen molar-refractivity contribution in [1.82, 2.24) is 25.2 Å². The van der Waals surface area contributed by atoms with E-state index in [0.29, 0.717) is 50.3 Å². The molecule has 0 aliphatic rings. The molecule has 2 aromatic rings. The highest BCUT2D eigenvalue weighted by molar-refractivity contribution is 6.76. The summed E-state index contributed by atoms with van der Waals surface area (Å²) in [5, 5.41) is 10.7. The Morgan fingerprint density at radius 2 is 1.76 bits per heavy atom. The quantitative estimate of drug-likeness (QED) is 0.111. The molecule has 0 radical (unpaired) electrons. The maximum absolute atomic E-state index is 13.7. The third kappa shape index (κ3) is 8.14. The second-order valence-electron chi connectivity index (χ2n) is 10.1. The minimum atomic E-state index is -2.29. The van der Waals surface area contributed by atoms with Gasteiger partial charge in [0.15, 0.2) is 20.1 Å². The Kier molecular flexibility index (Phi) is 11.5. The van der Waals surface area contributed by atoms with Gasteiger partial charge in [-0.15, -0.1) is 0 Å². The topological polar surface area (TPSA) is 133 Å². The van der Waals surface area contributed by atoms with E-state index in [1.165, 1.54) is 18.8 Å². The highest BCUT2D eigenvalue weighted by atomic mass is 28.4. The number of nitrogens with zero attached hydrogens (tertiary/aromatic N) is 4. The van der Waals surface area contributed by atoms with E-state index < -0.39 is 25.4 Å². The minimum Gasteiger partial charge on any atom is -0.468 e. The first-order chi connectivity index (χ1) is 17.9. The molecule has 0 fully saturated rings. The number of ether oxygens (including phenoxy) is 1. The normalized spacial score (nSPS) is 12.6. The summed E-state index contributed by atoms with van der Waals surface area (Å²) < 4.78 is 10.9. The van der Waals surface area contributed by atoms with E-state index >= 15 is 0 Å². The smallest absolute Gasteiger partial charge is 0.330 e. The van der Waals surface area contributed by atoms with Crippen molar-refractivity contribution < 1.29 is 28.3 Å². The number of para-hydroxylation sites is 1. The molecule has 2 rings (SSSR count). The third-order valence-corrected chi connectivity index (χ3v) is 10.9. The molecule has 1 N–H and O–H groups in total. The molecule has 1 aromatic carbocycles. The summed E-state index contributed by atoms with van der Waals surface area (Å²) in [5.41, 5.74) is 1.01. The van der Waals surface area contributed by atoms with Gasteiger partial charge in [0.2, 0.25) is 0 Å². The first-order valence-electron chi connectivity index (χ1n) is 12.6. The van der Waals surface area contributed by atoms with Crippen LogP contribution in [0, 0.1) is 0 Å². The van der Waals surface area contributed by atoms with Gasteiger partial charge < -0.3 is 18.9 Å². The Bertz CT molecular complexity index is 1090. The van der Waals surface area contributed by atoms with Crippen LogP contribution < -0.4 is 5.32 Å². The number of aldehydes is 1. The standard InChI is InChI=1S/C26H39N5O6Si/c1-20(33)23(25(35)36-4)27-13-9-16-30(17-10-18-37-38(5,6)26(2,3)19-32)24(34)21-11-7-8-12-22(21)31-28-14-15-29-31/h7-8,11-12,14-15,19,23,27H,9-10,13,16-18H2,1-6H3. The monoisotopic (exact) mass is 545 g/mol. The van der Waals surface area contributed by atoms with Gasteiger partial charge in [-0.2, -0.15) is 15.0 Å². The first kappa shape index (κ1) is 31.0. The van der Waals surface area contributed by atoms with Crippen molar-refractivity contribution in [3.8, 4) is 5.69 Å². The molecule has 12 heteroatoms. The highest BCUT2D eigenvalue weighted by Gasteiger charge is 2.41. The Morgan fingerprint density at radius 3 is 2.37 bits per heavy atom. The fraction of sp³-hybridized carbons (Fsp3) is 0.538. The van der Waals surface area contributed by atoms with Crippen LogP contribution in [-0.4, -0.2) is 91.5 Å². The number of amides is 1. The van der Waals surface area contributed by atoms with Crippen LogP contribution in [0.15, 0.2) is 36.7 Å². The van der Waals surface area contributed by atoms with Gasteiger partial charge in [-0.25, -0.2) is 4.79 Å². The summed E-state index contributed by atoms with van der Waals surface area (Å²) >= 11 is 0. The minimum absolute atomic E-state index is 0.196. The van der Waals surface area contributed by atoms with Crippen LogP contribution in [0.2, 0.25) is 18.1 Å². The Labute approximate surface area is 225 Å². The van der Waals surface area contributed by atoms with Crippen LogP contribution in [0.25, 0.3) is 5.69 Å². The van der Waals surface area contributed by atoms with Crippen molar-refractivity contribution in [2.24, 2.45) is 0 Å².